The van der Waals surface area contributed by atoms with Crippen molar-refractivity contribution in [3.8, 4) is 11.5 Å². The molecule has 0 aliphatic carbocycles. The number of urea groups is 1. The van der Waals surface area contributed by atoms with Crippen molar-refractivity contribution < 1.29 is 19.1 Å². The number of anilines is 1. The largest absolute Gasteiger partial charge is 0.493 e. The van der Waals surface area contributed by atoms with Gasteiger partial charge in [0.1, 0.15) is 0 Å². The fourth-order valence-electron chi connectivity index (χ4n) is 4.29. The summed E-state index contributed by atoms with van der Waals surface area (Å²) in [5.41, 5.74) is 4.36. The Morgan fingerprint density at radius 1 is 0.971 bits per heavy atom. The molecule has 4 rings (SSSR count). The van der Waals surface area contributed by atoms with Crippen molar-refractivity contribution in [1.82, 2.24) is 10.2 Å². The average Bonchev–Trinajstić information content (AvgIpc) is 2.86. The van der Waals surface area contributed by atoms with E-state index in [4.69, 9.17) is 9.47 Å². The Balaban J connectivity index is 1.63. The summed E-state index contributed by atoms with van der Waals surface area (Å²) in [6, 6.07) is 20.0. The van der Waals surface area contributed by atoms with Crippen molar-refractivity contribution >= 4 is 17.6 Å². The van der Waals surface area contributed by atoms with E-state index in [0.29, 0.717) is 30.0 Å². The Labute approximate surface area is 199 Å². The van der Waals surface area contributed by atoms with Crippen LogP contribution in [-0.2, 0) is 6.42 Å². The Morgan fingerprint density at radius 2 is 1.71 bits per heavy atom. The molecule has 2 N–H and O–H groups in total. The third-order valence-electron chi connectivity index (χ3n) is 6.02. The van der Waals surface area contributed by atoms with Crippen LogP contribution in [0.3, 0.4) is 0 Å². The minimum atomic E-state index is -0.374. The van der Waals surface area contributed by atoms with Crippen molar-refractivity contribution in [1.29, 1.82) is 0 Å². The van der Waals surface area contributed by atoms with Gasteiger partial charge >= 0.3 is 6.03 Å². The Morgan fingerprint density at radius 3 is 2.41 bits per heavy atom. The summed E-state index contributed by atoms with van der Waals surface area (Å²) in [4.78, 5) is 27.9. The zero-order chi connectivity index (χ0) is 24.1. The normalized spacial score (nSPS) is 14.7. The summed E-state index contributed by atoms with van der Waals surface area (Å²) in [5, 5.41) is 6.00. The summed E-state index contributed by atoms with van der Waals surface area (Å²) < 4.78 is 11.0. The first-order valence-corrected chi connectivity index (χ1v) is 11.2. The summed E-state index contributed by atoms with van der Waals surface area (Å²) in [5.74, 6) is 1.04. The van der Waals surface area contributed by atoms with Crippen LogP contribution in [0.4, 0.5) is 10.5 Å². The maximum absolute atomic E-state index is 13.3. The van der Waals surface area contributed by atoms with Crippen LogP contribution in [0.2, 0.25) is 0 Å². The van der Waals surface area contributed by atoms with Gasteiger partial charge in [0.25, 0.3) is 5.91 Å². The van der Waals surface area contributed by atoms with Gasteiger partial charge in [-0.25, -0.2) is 4.79 Å². The molecular formula is C27H29N3O4. The first-order chi connectivity index (χ1) is 16.5. The molecule has 0 unspecified atom stereocenters. The van der Waals surface area contributed by atoms with Crippen molar-refractivity contribution in [2.24, 2.45) is 0 Å². The summed E-state index contributed by atoms with van der Waals surface area (Å²) in [6.45, 7) is 2.75. The molecule has 7 nitrogen and oxygen atoms in total. The Hall–Kier alpha value is -4.00. The van der Waals surface area contributed by atoms with Crippen LogP contribution in [0.5, 0.6) is 11.5 Å². The van der Waals surface area contributed by atoms with Gasteiger partial charge in [0.15, 0.2) is 11.5 Å². The topological polar surface area (TPSA) is 79.9 Å². The molecular weight excluding hydrogens is 430 g/mol. The highest BCUT2D eigenvalue weighted by Gasteiger charge is 2.32. The summed E-state index contributed by atoms with van der Waals surface area (Å²) in [7, 11) is 3.19. The smallest absolute Gasteiger partial charge is 0.322 e. The number of ether oxygens (including phenoxy) is 2. The van der Waals surface area contributed by atoms with E-state index < -0.39 is 0 Å². The lowest BCUT2D eigenvalue weighted by atomic mass is 9.91. The quantitative estimate of drug-likeness (QED) is 0.566. The van der Waals surface area contributed by atoms with E-state index in [0.717, 1.165) is 22.4 Å². The molecule has 0 radical (unpaired) electrons. The highest BCUT2D eigenvalue weighted by molar-refractivity contribution is 5.94. The molecule has 0 saturated carbocycles. The van der Waals surface area contributed by atoms with E-state index in [1.807, 2.05) is 61.5 Å². The van der Waals surface area contributed by atoms with Crippen LogP contribution in [0, 0.1) is 6.92 Å². The number of hydrogen-bond donors (Lipinski definition) is 2. The highest BCUT2D eigenvalue weighted by atomic mass is 16.5. The lowest BCUT2D eigenvalue weighted by molar-refractivity contribution is 0.0936. The number of nitrogens with zero attached hydrogens (tertiary/aromatic N) is 1. The number of aryl methyl sites for hydroxylation is 1. The van der Waals surface area contributed by atoms with Gasteiger partial charge in [-0.1, -0.05) is 30.3 Å². The van der Waals surface area contributed by atoms with Crippen LogP contribution in [0.25, 0.3) is 0 Å². The van der Waals surface area contributed by atoms with E-state index in [9.17, 15) is 9.59 Å². The lowest BCUT2D eigenvalue weighted by Crippen LogP contribution is -2.46. The minimum absolute atomic E-state index is 0.188. The number of rotatable bonds is 6. The van der Waals surface area contributed by atoms with Gasteiger partial charge < -0.3 is 25.0 Å². The van der Waals surface area contributed by atoms with Crippen molar-refractivity contribution in [3.05, 3.63) is 89.0 Å². The molecule has 7 heteroatoms. The van der Waals surface area contributed by atoms with Crippen LogP contribution in [0.1, 0.15) is 33.1 Å². The number of methoxy groups -OCH3 is 2. The van der Waals surface area contributed by atoms with Crippen molar-refractivity contribution in [2.75, 3.05) is 32.6 Å². The van der Waals surface area contributed by atoms with E-state index in [-0.39, 0.29) is 24.5 Å². The first kappa shape index (κ1) is 23.2. The highest BCUT2D eigenvalue weighted by Crippen LogP contribution is 2.38. The van der Waals surface area contributed by atoms with E-state index in [1.165, 1.54) is 0 Å². The third kappa shape index (κ3) is 4.98. The van der Waals surface area contributed by atoms with Gasteiger partial charge in [-0.05, 0) is 66.4 Å². The molecule has 3 amide bonds. The molecule has 0 aromatic heterocycles. The van der Waals surface area contributed by atoms with Gasteiger partial charge in [-0.15, -0.1) is 0 Å². The number of benzene rings is 3. The number of carbonyl (C=O) groups excluding carboxylic acids is 2. The maximum Gasteiger partial charge on any atom is 0.322 e. The molecule has 1 heterocycles. The minimum Gasteiger partial charge on any atom is -0.493 e. The van der Waals surface area contributed by atoms with Gasteiger partial charge in [0.2, 0.25) is 0 Å². The first-order valence-electron chi connectivity index (χ1n) is 11.2. The second kappa shape index (κ2) is 10.3. The summed E-state index contributed by atoms with van der Waals surface area (Å²) >= 11 is 0. The second-order valence-corrected chi connectivity index (χ2v) is 8.24. The van der Waals surface area contributed by atoms with E-state index in [1.54, 1.807) is 31.3 Å². The number of hydrogen-bond acceptors (Lipinski definition) is 4. The standard InChI is InChI=1S/C27H29N3O4/c1-18-8-7-11-21(14-18)29-27(32)30-13-12-20-15-24(33-2)25(34-3)16-22(20)23(30)17-28-26(31)19-9-5-4-6-10-19/h4-11,14-16,23H,12-13,17H2,1-3H3,(H,28,31)(H,29,32)/t23-/m0/s1. The predicted octanol–water partition coefficient (Wildman–Crippen LogP) is 4.57. The molecule has 0 bridgehead atoms. The molecule has 3 aromatic rings. The van der Waals surface area contributed by atoms with Crippen LogP contribution < -0.4 is 20.1 Å². The average molecular weight is 460 g/mol. The lowest BCUT2D eigenvalue weighted by Gasteiger charge is -2.38. The van der Waals surface area contributed by atoms with Crippen LogP contribution in [-0.4, -0.2) is 44.1 Å². The molecule has 34 heavy (non-hydrogen) atoms. The SMILES string of the molecule is COc1cc2c(cc1OC)[C@H](CNC(=O)c1ccccc1)N(C(=O)Nc1cccc(C)c1)CC2. The molecule has 1 aliphatic rings. The molecule has 0 fully saturated rings. The number of fused-ring (bicyclic) bond motifs is 1. The maximum atomic E-state index is 13.3. The zero-order valence-electron chi connectivity index (χ0n) is 19.6. The Kier molecular flexibility index (Phi) is 7.01. The van der Waals surface area contributed by atoms with Gasteiger partial charge in [-0.3, -0.25) is 4.79 Å². The fraction of sp³-hybridized carbons (Fsp3) is 0.259. The predicted molar refractivity (Wildman–Crippen MR) is 132 cm³/mol. The van der Waals surface area contributed by atoms with E-state index >= 15 is 0 Å². The fourth-order valence-corrected chi connectivity index (χ4v) is 4.29. The van der Waals surface area contributed by atoms with Gasteiger partial charge in [0, 0.05) is 24.3 Å². The Bertz CT molecular complexity index is 1180. The monoisotopic (exact) mass is 459 g/mol. The van der Waals surface area contributed by atoms with Gasteiger partial charge in [0.05, 0.1) is 20.3 Å². The molecule has 1 atom stereocenters. The molecule has 3 aromatic carbocycles. The van der Waals surface area contributed by atoms with Gasteiger partial charge in [-0.2, -0.15) is 0 Å². The van der Waals surface area contributed by atoms with Crippen LogP contribution in [0.15, 0.2) is 66.7 Å². The van der Waals surface area contributed by atoms with E-state index in [2.05, 4.69) is 10.6 Å². The van der Waals surface area contributed by atoms with Crippen molar-refractivity contribution in [2.45, 2.75) is 19.4 Å². The second-order valence-electron chi connectivity index (χ2n) is 8.24. The number of carbonyl (C=O) groups is 2. The molecule has 0 spiro atoms. The summed E-state index contributed by atoms with van der Waals surface area (Å²) in [6.07, 6.45) is 0.667. The van der Waals surface area contributed by atoms with Crippen LogP contribution >= 0.6 is 0 Å². The molecule has 1 aliphatic heterocycles. The molecule has 176 valence electrons. The number of nitrogens with one attached hydrogen (secondary N) is 2. The molecule has 0 saturated heterocycles. The third-order valence-corrected chi connectivity index (χ3v) is 6.02. The zero-order valence-corrected chi connectivity index (χ0v) is 19.6. The van der Waals surface area contributed by atoms with Crippen molar-refractivity contribution in [3.63, 3.8) is 0 Å². The number of amides is 3.